The molecule has 3 aromatic rings. The van der Waals surface area contributed by atoms with Gasteiger partial charge < -0.3 is 0 Å². The van der Waals surface area contributed by atoms with Gasteiger partial charge in [-0.3, -0.25) is 4.90 Å². The van der Waals surface area contributed by atoms with Gasteiger partial charge in [0.15, 0.2) is 0 Å². The molecule has 1 heterocycles. The van der Waals surface area contributed by atoms with Crippen molar-refractivity contribution in [2.24, 2.45) is 4.99 Å². The lowest BCUT2D eigenvalue weighted by atomic mass is 9.92. The van der Waals surface area contributed by atoms with Gasteiger partial charge in [-0.2, -0.15) is 0 Å². The highest BCUT2D eigenvalue weighted by molar-refractivity contribution is 6.33. The van der Waals surface area contributed by atoms with Crippen LogP contribution < -0.4 is 4.90 Å². The summed E-state index contributed by atoms with van der Waals surface area (Å²) in [4.78, 5) is 7.03. The van der Waals surface area contributed by atoms with Crippen LogP contribution in [0.25, 0.3) is 5.57 Å². The summed E-state index contributed by atoms with van der Waals surface area (Å²) < 4.78 is 0. The third kappa shape index (κ3) is 2.86. The summed E-state index contributed by atoms with van der Waals surface area (Å²) in [7, 11) is 0. The second-order valence-electron chi connectivity index (χ2n) is 6.24. The number of rotatable bonds is 3. The van der Waals surface area contributed by atoms with Crippen molar-refractivity contribution in [2.45, 2.75) is 6.92 Å². The molecule has 0 saturated heterocycles. The lowest BCUT2D eigenvalue weighted by molar-refractivity contribution is 1.04. The molecule has 1 aliphatic rings. The fourth-order valence-electron chi connectivity index (χ4n) is 3.39. The van der Waals surface area contributed by atoms with Crippen molar-refractivity contribution in [3.8, 4) is 0 Å². The largest absolute Gasteiger partial charge is 0.299 e. The minimum absolute atomic E-state index is 0.729. The number of nitrogens with zero attached hydrogens (tertiary/aromatic N) is 2. The van der Waals surface area contributed by atoms with Crippen LogP contribution in [0.5, 0.6) is 0 Å². The fraction of sp³-hybridized carbons (Fsp3) is 0.0417. The smallest absolute Gasteiger partial charge is 0.130 e. The normalized spacial score (nSPS) is 14.4. The van der Waals surface area contributed by atoms with Crippen LogP contribution in [0, 0.1) is 0 Å². The third-order valence-corrected chi connectivity index (χ3v) is 4.56. The Morgan fingerprint density at radius 3 is 1.77 bits per heavy atom. The Hall–Kier alpha value is -3.39. The Balaban J connectivity index is 1.93. The maximum Gasteiger partial charge on any atom is 0.130 e. The molecule has 0 aliphatic carbocycles. The topological polar surface area (TPSA) is 15.6 Å². The van der Waals surface area contributed by atoms with Crippen LogP contribution in [0.15, 0.2) is 114 Å². The van der Waals surface area contributed by atoms with Crippen LogP contribution in [0.4, 0.5) is 5.69 Å². The van der Waals surface area contributed by atoms with Crippen molar-refractivity contribution in [2.75, 3.05) is 4.90 Å². The number of anilines is 1. The van der Waals surface area contributed by atoms with Crippen molar-refractivity contribution < 1.29 is 0 Å². The molecule has 2 nitrogen and oxygen atoms in total. The summed E-state index contributed by atoms with van der Waals surface area (Å²) in [5.74, 6) is 0.729. The summed E-state index contributed by atoms with van der Waals surface area (Å²) in [6, 6.07) is 31.0. The molecule has 0 saturated carbocycles. The molecule has 0 fully saturated rings. The van der Waals surface area contributed by atoms with E-state index in [2.05, 4.69) is 66.9 Å². The van der Waals surface area contributed by atoms with E-state index in [0.29, 0.717) is 0 Å². The van der Waals surface area contributed by atoms with Crippen molar-refractivity contribution in [1.29, 1.82) is 0 Å². The third-order valence-electron chi connectivity index (χ3n) is 4.56. The van der Waals surface area contributed by atoms with E-state index in [1.165, 1.54) is 0 Å². The lowest BCUT2D eigenvalue weighted by Crippen LogP contribution is -2.27. The number of benzene rings is 3. The van der Waals surface area contributed by atoms with Gasteiger partial charge in [-0.15, -0.1) is 0 Å². The molecule has 0 atom stereocenters. The molecule has 0 bridgehead atoms. The van der Waals surface area contributed by atoms with E-state index in [1.807, 2.05) is 42.5 Å². The molecule has 26 heavy (non-hydrogen) atoms. The monoisotopic (exact) mass is 336 g/mol. The summed E-state index contributed by atoms with van der Waals surface area (Å²) in [5.41, 5.74) is 6.54. The number of para-hydroxylation sites is 1. The van der Waals surface area contributed by atoms with Crippen molar-refractivity contribution >= 4 is 17.0 Å². The van der Waals surface area contributed by atoms with Crippen LogP contribution in [0.2, 0.25) is 0 Å². The van der Waals surface area contributed by atoms with Gasteiger partial charge in [-0.1, -0.05) is 85.4 Å². The number of aliphatic imine (C=N–C) groups is 1. The van der Waals surface area contributed by atoms with Gasteiger partial charge in [0.1, 0.15) is 5.82 Å². The van der Waals surface area contributed by atoms with Crippen LogP contribution in [0.1, 0.15) is 18.1 Å². The number of hydrogen-bond acceptors (Lipinski definition) is 2. The Kier molecular flexibility index (Phi) is 4.24. The molecule has 0 N–H and O–H groups in total. The fourth-order valence-corrected chi connectivity index (χ4v) is 3.39. The van der Waals surface area contributed by atoms with E-state index in [4.69, 9.17) is 4.99 Å². The molecule has 0 unspecified atom stereocenters. The minimum Gasteiger partial charge on any atom is -0.299 e. The predicted octanol–water partition coefficient (Wildman–Crippen LogP) is 5.90. The molecule has 0 aromatic heterocycles. The molecule has 0 spiro atoms. The van der Waals surface area contributed by atoms with E-state index in [-0.39, 0.29) is 0 Å². The zero-order valence-electron chi connectivity index (χ0n) is 14.8. The molecule has 2 heteroatoms. The van der Waals surface area contributed by atoms with Gasteiger partial charge in [0.2, 0.25) is 0 Å². The highest BCUT2D eigenvalue weighted by Crippen LogP contribution is 2.35. The van der Waals surface area contributed by atoms with Gasteiger partial charge in [0, 0.05) is 22.5 Å². The van der Waals surface area contributed by atoms with Gasteiger partial charge in [0.05, 0.1) is 5.71 Å². The zero-order chi connectivity index (χ0) is 17.9. The summed E-state index contributed by atoms with van der Waals surface area (Å²) >= 11 is 0. The van der Waals surface area contributed by atoms with E-state index in [0.717, 1.165) is 39.6 Å². The predicted molar refractivity (Wildman–Crippen MR) is 110 cm³/mol. The van der Waals surface area contributed by atoms with Gasteiger partial charge in [0.25, 0.3) is 0 Å². The number of hydrogen-bond donors (Lipinski definition) is 0. The average Bonchev–Trinajstić information content (AvgIpc) is 2.70. The Morgan fingerprint density at radius 1 is 0.692 bits per heavy atom. The highest BCUT2D eigenvalue weighted by atomic mass is 15.2. The Labute approximate surface area is 154 Å². The van der Waals surface area contributed by atoms with Crippen LogP contribution in [-0.4, -0.2) is 5.71 Å². The van der Waals surface area contributed by atoms with Crippen LogP contribution in [-0.2, 0) is 0 Å². The van der Waals surface area contributed by atoms with E-state index < -0.39 is 0 Å². The Morgan fingerprint density at radius 2 is 1.19 bits per heavy atom. The molecule has 0 amide bonds. The second-order valence-corrected chi connectivity index (χ2v) is 6.24. The molecular weight excluding hydrogens is 316 g/mol. The standard InChI is InChI=1S/C24H20N2/c1-18-23(20-12-6-3-7-13-20)24(21-14-8-4-9-15-21)25-19(2)26(18)22-16-10-5-11-17-22/h3-17H,2H2,1H3. The average molecular weight is 336 g/mol. The SMILES string of the molecule is C=C1N=C(c2ccccc2)C(c2ccccc2)=C(C)N1c1ccccc1. The highest BCUT2D eigenvalue weighted by Gasteiger charge is 2.26. The molecule has 1 aliphatic heterocycles. The molecule has 4 rings (SSSR count). The summed E-state index contributed by atoms with van der Waals surface area (Å²) in [6.45, 7) is 6.37. The number of allylic oxidation sites excluding steroid dienone is 2. The van der Waals surface area contributed by atoms with E-state index in [9.17, 15) is 0 Å². The molecule has 3 aromatic carbocycles. The van der Waals surface area contributed by atoms with Gasteiger partial charge in [-0.25, -0.2) is 4.99 Å². The van der Waals surface area contributed by atoms with Gasteiger partial charge in [-0.05, 0) is 24.6 Å². The van der Waals surface area contributed by atoms with E-state index in [1.54, 1.807) is 0 Å². The Bertz CT molecular complexity index is 984. The quantitative estimate of drug-likeness (QED) is 0.581. The van der Waals surface area contributed by atoms with E-state index >= 15 is 0 Å². The summed E-state index contributed by atoms with van der Waals surface area (Å²) in [6.07, 6.45) is 0. The maximum absolute atomic E-state index is 4.91. The van der Waals surface area contributed by atoms with Crippen molar-refractivity contribution in [3.05, 3.63) is 120 Å². The van der Waals surface area contributed by atoms with Crippen molar-refractivity contribution in [3.63, 3.8) is 0 Å². The van der Waals surface area contributed by atoms with Gasteiger partial charge >= 0.3 is 0 Å². The zero-order valence-corrected chi connectivity index (χ0v) is 14.8. The summed E-state index contributed by atoms with van der Waals surface area (Å²) in [5, 5.41) is 0. The first-order valence-corrected chi connectivity index (χ1v) is 8.70. The molecule has 0 radical (unpaired) electrons. The first kappa shape index (κ1) is 16.1. The van der Waals surface area contributed by atoms with Crippen LogP contribution in [0.3, 0.4) is 0 Å². The molecular formula is C24H20N2. The second kappa shape index (κ2) is 6.85. The minimum atomic E-state index is 0.729. The first-order valence-electron chi connectivity index (χ1n) is 8.70. The maximum atomic E-state index is 4.91. The van der Waals surface area contributed by atoms with Crippen LogP contribution >= 0.6 is 0 Å². The first-order chi connectivity index (χ1) is 12.8. The molecule has 126 valence electrons. The van der Waals surface area contributed by atoms with Crippen molar-refractivity contribution in [1.82, 2.24) is 0 Å². The lowest BCUT2D eigenvalue weighted by Gasteiger charge is -2.32.